The fourth-order valence-corrected chi connectivity index (χ4v) is 4.33. The normalized spacial score (nSPS) is 21.4. The number of rotatable bonds is 2. The molecule has 1 aliphatic rings. The molecule has 1 aromatic rings. The van der Waals surface area contributed by atoms with Crippen molar-refractivity contribution in [3.8, 4) is 0 Å². The molecule has 7 heteroatoms. The van der Waals surface area contributed by atoms with Crippen LogP contribution in [0.5, 0.6) is 0 Å². The van der Waals surface area contributed by atoms with Gasteiger partial charge in [-0.05, 0) is 53.9 Å². The summed E-state index contributed by atoms with van der Waals surface area (Å²) in [7, 11) is 0. The van der Waals surface area contributed by atoms with Gasteiger partial charge in [0.15, 0.2) is 0 Å². The van der Waals surface area contributed by atoms with Gasteiger partial charge in [0.1, 0.15) is 6.04 Å². The van der Waals surface area contributed by atoms with E-state index in [1.807, 2.05) is 32.9 Å². The summed E-state index contributed by atoms with van der Waals surface area (Å²) >= 11 is 4.90. The van der Waals surface area contributed by atoms with Crippen LogP contribution in [0, 0.1) is 13.8 Å². The summed E-state index contributed by atoms with van der Waals surface area (Å²) in [6, 6.07) is 2.72. The molecule has 0 bridgehead atoms. The van der Waals surface area contributed by atoms with Gasteiger partial charge in [-0.2, -0.15) is 0 Å². The van der Waals surface area contributed by atoms with Crippen LogP contribution in [0.15, 0.2) is 16.6 Å². The number of benzene rings is 1. The Kier molecular flexibility index (Phi) is 4.83. The third kappa shape index (κ3) is 3.35. The molecule has 2 N–H and O–H groups in total. The lowest BCUT2D eigenvalue weighted by Gasteiger charge is -2.26. The number of nitrogens with zero attached hydrogens (tertiary/aromatic N) is 1. The van der Waals surface area contributed by atoms with Gasteiger partial charge >= 0.3 is 12.0 Å². The Hall–Kier alpha value is -1.21. The molecule has 1 aromatic carbocycles. The maximum atomic E-state index is 12.4. The molecule has 21 heavy (non-hydrogen) atoms. The zero-order valence-corrected chi connectivity index (χ0v) is 14.4. The van der Waals surface area contributed by atoms with Gasteiger partial charge in [0.25, 0.3) is 0 Å². The molecule has 2 amide bonds. The van der Waals surface area contributed by atoms with Crippen molar-refractivity contribution in [1.82, 2.24) is 4.90 Å². The maximum Gasteiger partial charge on any atom is 0.327 e. The predicted molar refractivity (Wildman–Crippen MR) is 87.8 cm³/mol. The van der Waals surface area contributed by atoms with E-state index < -0.39 is 12.0 Å². The molecule has 114 valence electrons. The first-order chi connectivity index (χ1) is 9.81. The van der Waals surface area contributed by atoms with Crippen LogP contribution >= 0.6 is 27.7 Å². The molecule has 1 saturated heterocycles. The first-order valence-electron chi connectivity index (χ1n) is 6.51. The minimum atomic E-state index is -0.971. The minimum absolute atomic E-state index is 0.157. The number of thioether (sulfide) groups is 1. The molecule has 2 atom stereocenters. The Bertz CT molecular complexity index is 571. The number of urea groups is 1. The Morgan fingerprint density at radius 3 is 2.67 bits per heavy atom. The lowest BCUT2D eigenvalue weighted by molar-refractivity contribution is -0.141. The molecule has 2 rings (SSSR count). The Balaban J connectivity index is 2.23. The molecule has 0 radical (unpaired) electrons. The number of carbonyl (C=O) groups is 2. The highest BCUT2D eigenvalue weighted by atomic mass is 79.9. The van der Waals surface area contributed by atoms with Gasteiger partial charge in [-0.3, -0.25) is 4.90 Å². The molecule has 5 nitrogen and oxygen atoms in total. The smallest absolute Gasteiger partial charge is 0.327 e. The van der Waals surface area contributed by atoms with Crippen LogP contribution in [0.2, 0.25) is 0 Å². The Labute approximate surface area is 136 Å². The van der Waals surface area contributed by atoms with Gasteiger partial charge in [-0.25, -0.2) is 9.59 Å². The number of halogens is 1. The quantitative estimate of drug-likeness (QED) is 0.833. The lowest BCUT2D eigenvalue weighted by Crippen LogP contribution is -2.46. The third-order valence-corrected chi connectivity index (χ3v) is 5.25. The second kappa shape index (κ2) is 6.27. The lowest BCUT2D eigenvalue weighted by atomic mass is 10.1. The summed E-state index contributed by atoms with van der Waals surface area (Å²) in [4.78, 5) is 25.1. The fraction of sp³-hybridized carbons (Fsp3) is 0.429. The van der Waals surface area contributed by atoms with Crippen LogP contribution in [0.3, 0.4) is 0 Å². The van der Waals surface area contributed by atoms with Crippen LogP contribution in [0.25, 0.3) is 0 Å². The van der Waals surface area contributed by atoms with Gasteiger partial charge in [0.05, 0.1) is 11.1 Å². The second-order valence-electron chi connectivity index (χ2n) is 5.06. The van der Waals surface area contributed by atoms with E-state index in [1.54, 1.807) is 0 Å². The van der Waals surface area contributed by atoms with Gasteiger partial charge in [-0.15, -0.1) is 11.8 Å². The topological polar surface area (TPSA) is 69.6 Å². The number of hydrogen-bond donors (Lipinski definition) is 2. The second-order valence-corrected chi connectivity index (χ2v) is 7.27. The van der Waals surface area contributed by atoms with Crippen molar-refractivity contribution in [2.75, 3.05) is 11.1 Å². The number of aryl methyl sites for hydroxylation is 2. The van der Waals surface area contributed by atoms with Crippen LogP contribution in [-0.4, -0.2) is 39.2 Å². The van der Waals surface area contributed by atoms with E-state index in [9.17, 15) is 14.7 Å². The van der Waals surface area contributed by atoms with Gasteiger partial charge in [-0.1, -0.05) is 6.07 Å². The van der Waals surface area contributed by atoms with Crippen LogP contribution < -0.4 is 5.32 Å². The standard InChI is InChI=1S/C14H17BrN2O3S/c1-7-4-8(2)12(10(15)5-7)16-14(20)17-9(3)21-6-11(17)13(18)19/h4-5,9,11H,6H2,1-3H3,(H,16,20)(H,18,19). The minimum Gasteiger partial charge on any atom is -0.480 e. The first-order valence-corrected chi connectivity index (χ1v) is 8.36. The number of hydrogen-bond acceptors (Lipinski definition) is 3. The summed E-state index contributed by atoms with van der Waals surface area (Å²) in [5.74, 6) is -0.556. The largest absolute Gasteiger partial charge is 0.480 e. The molecule has 0 saturated carbocycles. The zero-order chi connectivity index (χ0) is 15.7. The molecule has 1 fully saturated rings. The average molecular weight is 373 g/mol. The van der Waals surface area contributed by atoms with E-state index in [0.717, 1.165) is 15.6 Å². The summed E-state index contributed by atoms with van der Waals surface area (Å²) in [5.41, 5.74) is 2.70. The van der Waals surface area contributed by atoms with Crippen molar-refractivity contribution in [2.24, 2.45) is 0 Å². The van der Waals surface area contributed by atoms with Crippen molar-refractivity contribution < 1.29 is 14.7 Å². The fourth-order valence-electron chi connectivity index (χ4n) is 2.39. The van der Waals surface area contributed by atoms with Crippen molar-refractivity contribution in [1.29, 1.82) is 0 Å². The highest BCUT2D eigenvalue weighted by molar-refractivity contribution is 9.10. The molecule has 0 spiro atoms. The van der Waals surface area contributed by atoms with Crippen LogP contribution in [0.1, 0.15) is 18.1 Å². The van der Waals surface area contributed by atoms with E-state index in [-0.39, 0.29) is 11.4 Å². The van der Waals surface area contributed by atoms with Crippen molar-refractivity contribution in [2.45, 2.75) is 32.2 Å². The average Bonchev–Trinajstić information content (AvgIpc) is 2.75. The summed E-state index contributed by atoms with van der Waals surface area (Å²) in [6.07, 6.45) is 0. The number of amides is 2. The predicted octanol–water partition coefficient (Wildman–Crippen LogP) is 3.45. The highest BCUT2D eigenvalue weighted by Crippen LogP contribution is 2.32. The zero-order valence-electron chi connectivity index (χ0n) is 12.0. The number of nitrogens with one attached hydrogen (secondary N) is 1. The molecular weight excluding hydrogens is 356 g/mol. The van der Waals surface area contributed by atoms with Gasteiger partial charge < -0.3 is 10.4 Å². The molecule has 0 aliphatic carbocycles. The molecular formula is C14H17BrN2O3S. The summed E-state index contributed by atoms with van der Waals surface area (Å²) < 4.78 is 0.791. The third-order valence-electron chi connectivity index (χ3n) is 3.41. The number of carbonyl (C=O) groups excluding carboxylic acids is 1. The molecule has 0 aromatic heterocycles. The SMILES string of the molecule is Cc1cc(C)c(NC(=O)N2C(C)SCC2C(=O)O)c(Br)c1. The monoisotopic (exact) mass is 372 g/mol. The number of carboxylic acid groups (broad SMARTS) is 1. The molecule has 1 aliphatic heterocycles. The van der Waals surface area contributed by atoms with E-state index in [4.69, 9.17) is 0 Å². The summed E-state index contributed by atoms with van der Waals surface area (Å²) in [6.45, 7) is 5.72. The van der Waals surface area contributed by atoms with Crippen molar-refractivity contribution in [3.05, 3.63) is 27.7 Å². The first kappa shape index (κ1) is 16.2. The van der Waals surface area contributed by atoms with Crippen molar-refractivity contribution >= 4 is 45.4 Å². The van der Waals surface area contributed by atoms with E-state index in [0.29, 0.717) is 11.4 Å². The van der Waals surface area contributed by atoms with Crippen LogP contribution in [0.4, 0.5) is 10.5 Å². The Morgan fingerprint density at radius 1 is 1.43 bits per heavy atom. The Morgan fingerprint density at radius 2 is 2.10 bits per heavy atom. The van der Waals surface area contributed by atoms with E-state index in [1.165, 1.54) is 16.7 Å². The van der Waals surface area contributed by atoms with E-state index >= 15 is 0 Å². The van der Waals surface area contributed by atoms with E-state index in [2.05, 4.69) is 21.2 Å². The number of carboxylic acids is 1. The summed E-state index contributed by atoms with van der Waals surface area (Å²) in [5, 5.41) is 11.9. The molecule has 2 unspecified atom stereocenters. The number of anilines is 1. The maximum absolute atomic E-state index is 12.4. The highest BCUT2D eigenvalue weighted by Gasteiger charge is 2.39. The van der Waals surface area contributed by atoms with Crippen LogP contribution in [-0.2, 0) is 4.79 Å². The van der Waals surface area contributed by atoms with Crippen molar-refractivity contribution in [3.63, 3.8) is 0 Å². The number of aliphatic carboxylic acids is 1. The van der Waals surface area contributed by atoms with Gasteiger partial charge in [0.2, 0.25) is 0 Å². The molecule has 1 heterocycles. The van der Waals surface area contributed by atoms with Gasteiger partial charge in [0, 0.05) is 10.2 Å².